The lowest BCUT2D eigenvalue weighted by atomic mass is 9.94. The summed E-state index contributed by atoms with van der Waals surface area (Å²) in [6, 6.07) is 4.43. The fourth-order valence-electron chi connectivity index (χ4n) is 1.88. The van der Waals surface area contributed by atoms with Crippen molar-refractivity contribution in [3.05, 3.63) is 29.6 Å². The van der Waals surface area contributed by atoms with Gasteiger partial charge in [-0.3, -0.25) is 4.79 Å². The van der Waals surface area contributed by atoms with E-state index in [1.54, 1.807) is 13.2 Å². The molecule has 0 radical (unpaired) electrons. The predicted molar refractivity (Wildman–Crippen MR) is 72.5 cm³/mol. The third kappa shape index (κ3) is 4.87. The third-order valence-electron chi connectivity index (χ3n) is 2.92. The number of aryl methyl sites for hydroxylation is 1. The van der Waals surface area contributed by atoms with Crippen molar-refractivity contribution in [3.8, 4) is 5.75 Å². The Hall–Kier alpha value is -1.62. The Labute approximate surface area is 113 Å². The number of methoxy groups -OCH3 is 1. The van der Waals surface area contributed by atoms with Gasteiger partial charge in [-0.2, -0.15) is 0 Å². The summed E-state index contributed by atoms with van der Waals surface area (Å²) < 4.78 is 18.4. The normalized spacial score (nSPS) is 11.2. The van der Waals surface area contributed by atoms with Crippen molar-refractivity contribution >= 4 is 5.91 Å². The first-order chi connectivity index (χ1) is 8.88. The average molecular weight is 268 g/mol. The van der Waals surface area contributed by atoms with Crippen molar-refractivity contribution in [2.75, 3.05) is 13.7 Å². The van der Waals surface area contributed by atoms with Crippen LogP contribution in [0.2, 0.25) is 0 Å². The molecule has 1 aromatic carbocycles. The summed E-state index contributed by atoms with van der Waals surface area (Å²) in [4.78, 5) is 11.3. The van der Waals surface area contributed by atoms with Crippen LogP contribution in [-0.4, -0.2) is 25.1 Å². The first-order valence-corrected chi connectivity index (χ1v) is 6.21. The summed E-state index contributed by atoms with van der Waals surface area (Å²) in [5.41, 5.74) is 5.66. The van der Waals surface area contributed by atoms with Gasteiger partial charge in [-0.1, -0.05) is 0 Å². The molecule has 0 spiro atoms. The van der Waals surface area contributed by atoms with Crippen molar-refractivity contribution in [2.45, 2.75) is 32.2 Å². The maximum Gasteiger partial charge on any atom is 0.234 e. The highest BCUT2D eigenvalue weighted by Gasteiger charge is 2.20. The molecule has 0 bridgehead atoms. The van der Waals surface area contributed by atoms with E-state index in [1.807, 2.05) is 13.8 Å². The highest BCUT2D eigenvalue weighted by molar-refractivity contribution is 5.78. The van der Waals surface area contributed by atoms with Crippen LogP contribution in [0.3, 0.4) is 0 Å². The minimum absolute atomic E-state index is 0.0350. The van der Waals surface area contributed by atoms with Crippen molar-refractivity contribution < 1.29 is 13.9 Å². The molecule has 1 aromatic rings. The number of amides is 1. The van der Waals surface area contributed by atoms with Gasteiger partial charge in [0.05, 0.1) is 13.7 Å². The summed E-state index contributed by atoms with van der Waals surface area (Å²) in [5.74, 6) is 0.165. The van der Waals surface area contributed by atoms with Gasteiger partial charge < -0.3 is 15.8 Å². The summed E-state index contributed by atoms with van der Waals surface area (Å²) in [6.07, 6.45) is 1.28. The van der Waals surface area contributed by atoms with Gasteiger partial charge in [0.25, 0.3) is 0 Å². The number of ether oxygens (including phenoxy) is 1. The fourth-order valence-corrected chi connectivity index (χ4v) is 1.88. The van der Waals surface area contributed by atoms with Crippen LogP contribution in [0.1, 0.15) is 25.8 Å². The number of carbonyl (C=O) groups excluding carboxylic acids is 1. The van der Waals surface area contributed by atoms with E-state index in [9.17, 15) is 9.18 Å². The number of hydrogen-bond acceptors (Lipinski definition) is 3. The van der Waals surface area contributed by atoms with Crippen LogP contribution in [-0.2, 0) is 11.2 Å². The molecule has 1 amide bonds. The number of rotatable bonds is 6. The number of hydrogen-bond donors (Lipinski definition) is 2. The molecule has 0 aromatic heterocycles. The Balaban J connectivity index is 2.70. The largest absolute Gasteiger partial charge is 0.496 e. The zero-order chi connectivity index (χ0) is 14.5. The van der Waals surface area contributed by atoms with E-state index >= 15 is 0 Å². The smallest absolute Gasteiger partial charge is 0.234 e. The van der Waals surface area contributed by atoms with Crippen LogP contribution in [0.25, 0.3) is 0 Å². The van der Waals surface area contributed by atoms with Crippen LogP contribution >= 0.6 is 0 Å². The van der Waals surface area contributed by atoms with E-state index in [0.717, 1.165) is 5.56 Å². The van der Waals surface area contributed by atoms with Crippen molar-refractivity contribution in [1.29, 1.82) is 0 Å². The molecule has 0 heterocycles. The molecule has 106 valence electrons. The average Bonchev–Trinajstić information content (AvgIpc) is 2.36. The van der Waals surface area contributed by atoms with Gasteiger partial charge in [-0.25, -0.2) is 4.39 Å². The second-order valence-electron chi connectivity index (χ2n) is 5.09. The number of nitrogens with one attached hydrogen (secondary N) is 1. The van der Waals surface area contributed by atoms with E-state index in [-0.39, 0.29) is 18.3 Å². The van der Waals surface area contributed by atoms with Gasteiger partial charge in [0, 0.05) is 5.54 Å². The van der Waals surface area contributed by atoms with Crippen LogP contribution in [0.4, 0.5) is 4.39 Å². The van der Waals surface area contributed by atoms with Crippen molar-refractivity contribution in [3.63, 3.8) is 0 Å². The topological polar surface area (TPSA) is 64.3 Å². The van der Waals surface area contributed by atoms with Crippen LogP contribution < -0.4 is 15.8 Å². The molecule has 0 atom stereocenters. The number of benzene rings is 1. The highest BCUT2D eigenvalue weighted by atomic mass is 19.1. The first-order valence-electron chi connectivity index (χ1n) is 6.21. The van der Waals surface area contributed by atoms with Gasteiger partial charge >= 0.3 is 0 Å². The van der Waals surface area contributed by atoms with Crippen LogP contribution in [0.15, 0.2) is 18.2 Å². The highest BCUT2D eigenvalue weighted by Crippen LogP contribution is 2.23. The Morgan fingerprint density at radius 1 is 1.47 bits per heavy atom. The lowest BCUT2D eigenvalue weighted by Crippen LogP contribution is -2.46. The van der Waals surface area contributed by atoms with Crippen LogP contribution in [0.5, 0.6) is 5.75 Å². The molecule has 0 unspecified atom stereocenters. The number of nitrogens with two attached hydrogens (primary N) is 1. The first kappa shape index (κ1) is 15.4. The van der Waals surface area contributed by atoms with Crippen molar-refractivity contribution in [1.82, 2.24) is 5.32 Å². The molecule has 3 N–H and O–H groups in total. The summed E-state index contributed by atoms with van der Waals surface area (Å²) in [6.45, 7) is 3.78. The SMILES string of the molecule is COc1ccc(F)cc1CCC(C)(C)NC(=O)CN. The van der Waals surface area contributed by atoms with Crippen molar-refractivity contribution in [2.24, 2.45) is 5.73 Å². The Kier molecular flexibility index (Phi) is 5.30. The van der Waals surface area contributed by atoms with Gasteiger partial charge in [-0.05, 0) is 50.5 Å². The van der Waals surface area contributed by atoms with Gasteiger partial charge in [-0.15, -0.1) is 0 Å². The van der Waals surface area contributed by atoms with Crippen LogP contribution in [0, 0.1) is 5.82 Å². The maximum absolute atomic E-state index is 13.2. The number of carbonyl (C=O) groups is 1. The Morgan fingerprint density at radius 2 is 2.16 bits per heavy atom. The lowest BCUT2D eigenvalue weighted by molar-refractivity contribution is -0.121. The monoisotopic (exact) mass is 268 g/mol. The molecular weight excluding hydrogens is 247 g/mol. The number of halogens is 1. The van der Waals surface area contributed by atoms with E-state index in [4.69, 9.17) is 10.5 Å². The standard InChI is InChI=1S/C14H21FN2O2/c1-14(2,17-13(18)9-16)7-6-10-8-11(15)4-5-12(10)19-3/h4-5,8H,6-7,9,16H2,1-3H3,(H,17,18). The van der Waals surface area contributed by atoms with E-state index < -0.39 is 5.54 Å². The Bertz CT molecular complexity index is 447. The van der Waals surface area contributed by atoms with E-state index in [2.05, 4.69) is 5.32 Å². The molecule has 0 aliphatic carbocycles. The molecule has 19 heavy (non-hydrogen) atoms. The fraction of sp³-hybridized carbons (Fsp3) is 0.500. The molecule has 0 fully saturated rings. The molecule has 4 nitrogen and oxygen atoms in total. The molecule has 5 heteroatoms. The second kappa shape index (κ2) is 6.52. The summed E-state index contributed by atoms with van der Waals surface area (Å²) >= 11 is 0. The van der Waals surface area contributed by atoms with Gasteiger partial charge in [0.1, 0.15) is 11.6 Å². The quantitative estimate of drug-likeness (QED) is 0.824. The van der Waals surface area contributed by atoms with E-state index in [0.29, 0.717) is 18.6 Å². The Morgan fingerprint density at radius 3 is 2.74 bits per heavy atom. The third-order valence-corrected chi connectivity index (χ3v) is 2.92. The zero-order valence-electron chi connectivity index (χ0n) is 11.6. The molecule has 0 saturated carbocycles. The summed E-state index contributed by atoms with van der Waals surface area (Å²) in [5, 5.41) is 2.83. The molecule has 0 aliphatic heterocycles. The molecular formula is C14H21FN2O2. The zero-order valence-corrected chi connectivity index (χ0v) is 11.6. The lowest BCUT2D eigenvalue weighted by Gasteiger charge is -2.26. The minimum Gasteiger partial charge on any atom is -0.496 e. The van der Waals surface area contributed by atoms with E-state index in [1.165, 1.54) is 12.1 Å². The molecule has 0 saturated heterocycles. The summed E-state index contributed by atoms with van der Waals surface area (Å²) in [7, 11) is 1.55. The van der Waals surface area contributed by atoms with Gasteiger partial charge in [0.2, 0.25) is 5.91 Å². The van der Waals surface area contributed by atoms with Gasteiger partial charge in [0.15, 0.2) is 0 Å². The predicted octanol–water partition coefficient (Wildman–Crippen LogP) is 1.62. The minimum atomic E-state index is -0.395. The molecule has 1 rings (SSSR count). The molecule has 0 aliphatic rings. The second-order valence-corrected chi connectivity index (χ2v) is 5.09. The maximum atomic E-state index is 13.2.